The lowest BCUT2D eigenvalue weighted by Crippen LogP contribution is -2.45. The quantitative estimate of drug-likeness (QED) is 0.220. The van der Waals surface area contributed by atoms with Crippen LogP contribution in [0.2, 0.25) is 0 Å². The molecule has 3 unspecified atom stereocenters. The van der Waals surface area contributed by atoms with Gasteiger partial charge in [-0.15, -0.1) is 0 Å². The van der Waals surface area contributed by atoms with Gasteiger partial charge in [-0.05, 0) is 51.9 Å². The van der Waals surface area contributed by atoms with E-state index >= 15 is 0 Å². The summed E-state index contributed by atoms with van der Waals surface area (Å²) in [6, 6.07) is 0. The predicted molar refractivity (Wildman–Crippen MR) is 102 cm³/mol. The van der Waals surface area contributed by atoms with E-state index in [4.69, 9.17) is 19.6 Å². The molecule has 0 spiro atoms. The Hall–Kier alpha value is -0.160. The summed E-state index contributed by atoms with van der Waals surface area (Å²) >= 11 is 0. The van der Waals surface area contributed by atoms with Crippen LogP contribution in [-0.4, -0.2) is 17.0 Å². The summed E-state index contributed by atoms with van der Waals surface area (Å²) in [5.41, 5.74) is -0.549. The van der Waals surface area contributed by atoms with E-state index in [0.717, 1.165) is 57.8 Å². The first kappa shape index (κ1) is 22.9. The molecule has 3 atom stereocenters. The Kier molecular flexibility index (Phi) is 9.38. The summed E-state index contributed by atoms with van der Waals surface area (Å²) in [5, 5.41) is 0. The molecule has 0 aliphatic heterocycles. The molecule has 0 amide bonds. The van der Waals surface area contributed by atoms with Gasteiger partial charge in [0, 0.05) is 12.8 Å². The zero-order valence-electron chi connectivity index (χ0n) is 17.8. The fourth-order valence-corrected chi connectivity index (χ4v) is 3.59. The monoisotopic (exact) mass is 358 g/mol. The smallest absolute Gasteiger partial charge is 0.227 e. The lowest BCUT2D eigenvalue weighted by Gasteiger charge is -2.41. The van der Waals surface area contributed by atoms with Crippen LogP contribution in [0.25, 0.3) is 0 Å². The van der Waals surface area contributed by atoms with Crippen molar-refractivity contribution in [2.45, 2.75) is 130 Å². The zero-order valence-corrected chi connectivity index (χ0v) is 17.8. The fraction of sp³-hybridized carbons (Fsp3) is 1.00. The Morgan fingerprint density at radius 3 is 1.72 bits per heavy atom. The van der Waals surface area contributed by atoms with Crippen molar-refractivity contribution < 1.29 is 19.6 Å². The van der Waals surface area contributed by atoms with Gasteiger partial charge in [0.1, 0.15) is 11.2 Å². The number of hydrogen-bond acceptors (Lipinski definition) is 4. The first-order valence-corrected chi connectivity index (χ1v) is 10.5. The topological polar surface area (TPSA) is 36.9 Å². The van der Waals surface area contributed by atoms with Crippen molar-refractivity contribution in [3.63, 3.8) is 0 Å². The third kappa shape index (κ3) is 7.16. The average Bonchev–Trinajstić information content (AvgIpc) is 2.59. The molecule has 0 radical (unpaired) electrons. The van der Waals surface area contributed by atoms with Crippen LogP contribution in [0.4, 0.5) is 0 Å². The lowest BCUT2D eigenvalue weighted by molar-refractivity contribution is -0.552. The molecule has 150 valence electrons. The van der Waals surface area contributed by atoms with E-state index in [1.54, 1.807) is 0 Å². The maximum atomic E-state index is 6.02. The van der Waals surface area contributed by atoms with Crippen molar-refractivity contribution in [3.8, 4) is 0 Å². The largest absolute Gasteiger partial charge is 0.234 e. The summed E-state index contributed by atoms with van der Waals surface area (Å²) in [6.45, 7) is 15.1. The minimum Gasteiger partial charge on any atom is -0.227 e. The van der Waals surface area contributed by atoms with E-state index < -0.39 is 5.79 Å². The van der Waals surface area contributed by atoms with Gasteiger partial charge in [-0.3, -0.25) is 0 Å². The first-order valence-electron chi connectivity index (χ1n) is 10.5. The molecule has 0 aromatic rings. The third-order valence-corrected chi connectivity index (χ3v) is 5.76. The normalized spacial score (nSPS) is 29.2. The maximum absolute atomic E-state index is 6.02. The molecule has 1 aliphatic carbocycles. The molecule has 0 bridgehead atoms. The predicted octanol–water partition coefficient (Wildman–Crippen LogP) is 6.73. The standard InChI is InChI=1S/C21H42O4/c1-8-14-19(6,10-3)22-24-21(16-12-13-18(5)17-21)25-23-20(7,11-4)15-9-2/h18H,8-17H2,1-7H3. The highest BCUT2D eigenvalue weighted by Gasteiger charge is 2.43. The van der Waals surface area contributed by atoms with Gasteiger partial charge in [0.15, 0.2) is 0 Å². The Labute approximate surface area is 155 Å². The van der Waals surface area contributed by atoms with Crippen molar-refractivity contribution in [1.29, 1.82) is 0 Å². The second-order valence-corrected chi connectivity index (χ2v) is 8.55. The molecule has 0 N–H and O–H groups in total. The van der Waals surface area contributed by atoms with Crippen molar-refractivity contribution in [2.24, 2.45) is 5.92 Å². The number of rotatable bonds is 12. The molecule has 0 aromatic carbocycles. The van der Waals surface area contributed by atoms with E-state index in [-0.39, 0.29) is 11.2 Å². The minimum atomic E-state index is -0.786. The molecule has 1 fully saturated rings. The van der Waals surface area contributed by atoms with Crippen molar-refractivity contribution >= 4 is 0 Å². The number of hydrogen-bond donors (Lipinski definition) is 0. The molecule has 0 aromatic heterocycles. The van der Waals surface area contributed by atoms with E-state index in [1.807, 2.05) is 0 Å². The molecular weight excluding hydrogens is 316 g/mol. The minimum absolute atomic E-state index is 0.275. The van der Waals surface area contributed by atoms with Crippen LogP contribution in [0.1, 0.15) is 113 Å². The van der Waals surface area contributed by atoms with Crippen LogP contribution in [-0.2, 0) is 19.6 Å². The van der Waals surface area contributed by atoms with Crippen molar-refractivity contribution in [3.05, 3.63) is 0 Å². The molecule has 1 rings (SSSR count). The summed E-state index contributed by atoms with van der Waals surface area (Å²) < 4.78 is 0. The van der Waals surface area contributed by atoms with Gasteiger partial charge >= 0.3 is 0 Å². The fourth-order valence-electron chi connectivity index (χ4n) is 3.59. The zero-order chi connectivity index (χ0) is 19.0. The molecule has 0 heterocycles. The summed E-state index contributed by atoms with van der Waals surface area (Å²) in [6.07, 6.45) is 9.80. The summed E-state index contributed by atoms with van der Waals surface area (Å²) in [5.74, 6) is -0.245. The van der Waals surface area contributed by atoms with Gasteiger partial charge < -0.3 is 0 Å². The second-order valence-electron chi connectivity index (χ2n) is 8.55. The Morgan fingerprint density at radius 2 is 1.36 bits per heavy atom. The molecular formula is C21H42O4. The first-order chi connectivity index (χ1) is 11.8. The molecule has 0 saturated heterocycles. The van der Waals surface area contributed by atoms with E-state index in [0.29, 0.717) is 5.92 Å². The molecule has 4 nitrogen and oxygen atoms in total. The van der Waals surface area contributed by atoms with Crippen LogP contribution in [0.15, 0.2) is 0 Å². The lowest BCUT2D eigenvalue weighted by atomic mass is 9.86. The van der Waals surface area contributed by atoms with Crippen LogP contribution >= 0.6 is 0 Å². The van der Waals surface area contributed by atoms with Gasteiger partial charge in [0.2, 0.25) is 5.79 Å². The second kappa shape index (κ2) is 10.2. The highest BCUT2D eigenvalue weighted by molar-refractivity contribution is 4.79. The van der Waals surface area contributed by atoms with Gasteiger partial charge in [-0.2, -0.15) is 9.78 Å². The van der Waals surface area contributed by atoms with Gasteiger partial charge in [-0.25, -0.2) is 9.78 Å². The molecule has 1 saturated carbocycles. The molecule has 25 heavy (non-hydrogen) atoms. The summed E-state index contributed by atoms with van der Waals surface area (Å²) in [7, 11) is 0. The van der Waals surface area contributed by atoms with Crippen LogP contribution in [0, 0.1) is 5.92 Å². The van der Waals surface area contributed by atoms with Gasteiger partial charge in [0.05, 0.1) is 0 Å². The van der Waals surface area contributed by atoms with Gasteiger partial charge in [-0.1, -0.05) is 53.9 Å². The highest BCUT2D eigenvalue weighted by Crippen LogP contribution is 2.39. The van der Waals surface area contributed by atoms with E-state index in [1.165, 1.54) is 6.42 Å². The Balaban J connectivity index is 2.80. The SMILES string of the molecule is CCCC(C)(CC)OOC1(OOC(C)(CC)CCC)CCCC(C)C1. The maximum Gasteiger partial charge on any atom is 0.234 e. The van der Waals surface area contributed by atoms with Crippen molar-refractivity contribution in [2.75, 3.05) is 0 Å². The summed E-state index contributed by atoms with van der Waals surface area (Å²) in [4.78, 5) is 24.0. The van der Waals surface area contributed by atoms with E-state index in [2.05, 4.69) is 48.5 Å². The van der Waals surface area contributed by atoms with Gasteiger partial charge in [0.25, 0.3) is 0 Å². The third-order valence-electron chi connectivity index (χ3n) is 5.76. The highest BCUT2D eigenvalue weighted by atomic mass is 17.3. The Bertz CT molecular complexity index is 349. The molecule has 4 heteroatoms. The van der Waals surface area contributed by atoms with Crippen LogP contribution in [0.3, 0.4) is 0 Å². The van der Waals surface area contributed by atoms with Crippen molar-refractivity contribution in [1.82, 2.24) is 0 Å². The van der Waals surface area contributed by atoms with E-state index in [9.17, 15) is 0 Å². The Morgan fingerprint density at radius 1 is 0.880 bits per heavy atom. The van der Waals surface area contributed by atoms with Crippen LogP contribution < -0.4 is 0 Å². The molecule has 1 aliphatic rings. The average molecular weight is 359 g/mol. The van der Waals surface area contributed by atoms with Crippen LogP contribution in [0.5, 0.6) is 0 Å².